The molecule has 4 rings (SSSR count). The highest BCUT2D eigenvalue weighted by atomic mass is 35.5. The molecule has 0 fully saturated rings. The molecule has 0 bridgehead atoms. The second kappa shape index (κ2) is 9.66. The Hall–Kier alpha value is -3.98. The molecule has 9 nitrogen and oxygen atoms in total. The number of hydrogen-bond donors (Lipinski definition) is 3. The number of anilines is 2. The molecule has 3 aromatic heterocycles. The van der Waals surface area contributed by atoms with Gasteiger partial charge < -0.3 is 20.8 Å². The highest BCUT2D eigenvalue weighted by molar-refractivity contribution is 6.44. The molecule has 0 unspecified atom stereocenters. The minimum atomic E-state index is -1.03. The van der Waals surface area contributed by atoms with Crippen LogP contribution in [0.2, 0.25) is 0 Å². The minimum Gasteiger partial charge on any atom is -0.497 e. The number of nitrogens with two attached hydrogens (primary N) is 1. The number of fused-ring (bicyclic) bond motifs is 1. The molecule has 0 saturated carbocycles. The molecule has 4 N–H and O–H groups in total. The van der Waals surface area contributed by atoms with Gasteiger partial charge in [0.25, 0.3) is 11.7 Å². The number of primary amides is 1. The number of halogens is 1. The molecule has 0 atom stereocenters. The summed E-state index contributed by atoms with van der Waals surface area (Å²) in [5, 5.41) is 3.78. The van der Waals surface area contributed by atoms with E-state index in [0.29, 0.717) is 28.4 Å². The Morgan fingerprint density at radius 1 is 1.12 bits per heavy atom. The maximum absolute atomic E-state index is 12.3. The van der Waals surface area contributed by atoms with Gasteiger partial charge in [0.15, 0.2) is 5.82 Å². The van der Waals surface area contributed by atoms with E-state index in [4.69, 9.17) is 15.5 Å². The molecule has 170 valence electrons. The maximum atomic E-state index is 12.3. The van der Waals surface area contributed by atoms with Gasteiger partial charge in [0, 0.05) is 29.7 Å². The molecule has 10 heteroatoms. The maximum Gasteiger partial charge on any atom is 0.289 e. The molecule has 1 amide bonds. The lowest BCUT2D eigenvalue weighted by Gasteiger charge is -2.15. The molecule has 0 saturated heterocycles. The number of ketones is 1. The van der Waals surface area contributed by atoms with Crippen molar-refractivity contribution >= 4 is 46.6 Å². The van der Waals surface area contributed by atoms with Crippen LogP contribution < -0.4 is 15.8 Å². The fourth-order valence-corrected chi connectivity index (χ4v) is 3.39. The van der Waals surface area contributed by atoms with E-state index in [9.17, 15) is 9.59 Å². The number of carbonyl (C=O) groups excluding carboxylic acids is 2. The summed E-state index contributed by atoms with van der Waals surface area (Å²) in [4.78, 5) is 40.2. The summed E-state index contributed by atoms with van der Waals surface area (Å²) in [5.41, 5.74) is 8.12. The SMILES string of the molecule is COc1ccc(-c2ncc(C(C)C)c(Nc3ccnc4[nH]cc(C(=O)C(N)=O)c34)n2)cc1.Cl. The third kappa shape index (κ3) is 4.63. The number of carbonyl (C=O) groups is 2. The van der Waals surface area contributed by atoms with Crippen LogP contribution in [0.15, 0.2) is 48.9 Å². The molecule has 3 heterocycles. The fourth-order valence-electron chi connectivity index (χ4n) is 3.39. The second-order valence-corrected chi connectivity index (χ2v) is 7.48. The number of benzene rings is 1. The van der Waals surface area contributed by atoms with Crippen molar-refractivity contribution in [1.82, 2.24) is 19.9 Å². The first-order valence-electron chi connectivity index (χ1n) is 9.97. The van der Waals surface area contributed by atoms with E-state index in [0.717, 1.165) is 16.9 Å². The topological polar surface area (TPSA) is 136 Å². The largest absolute Gasteiger partial charge is 0.497 e. The molecule has 0 aliphatic rings. The Morgan fingerprint density at radius 3 is 2.48 bits per heavy atom. The number of Topliss-reactive ketones (excluding diaryl/α,β-unsaturated/α-hetero) is 1. The molecule has 33 heavy (non-hydrogen) atoms. The van der Waals surface area contributed by atoms with Crippen LogP contribution in [0.4, 0.5) is 11.5 Å². The van der Waals surface area contributed by atoms with Crippen LogP contribution in [0.5, 0.6) is 5.75 Å². The predicted molar refractivity (Wildman–Crippen MR) is 128 cm³/mol. The van der Waals surface area contributed by atoms with E-state index in [-0.39, 0.29) is 23.9 Å². The fraction of sp³-hybridized carbons (Fsp3) is 0.174. The van der Waals surface area contributed by atoms with Gasteiger partial charge in [-0.2, -0.15) is 0 Å². The van der Waals surface area contributed by atoms with Crippen molar-refractivity contribution in [2.75, 3.05) is 12.4 Å². The molecule has 1 aromatic carbocycles. The number of aromatic amines is 1. The van der Waals surface area contributed by atoms with Crippen molar-refractivity contribution in [3.05, 3.63) is 60.0 Å². The summed E-state index contributed by atoms with van der Waals surface area (Å²) >= 11 is 0. The standard InChI is InChI=1S/C23H22N6O3.ClH/c1-12(2)15-10-26-21(13-4-6-14(32-3)7-5-13)29-22(15)28-17-8-9-25-23-18(17)16(11-27-23)19(30)20(24)31;/h4-12H,1-3H3,(H2,24,31)(H2,25,26,27,28,29);1H. The zero-order valence-electron chi connectivity index (χ0n) is 18.2. The Morgan fingerprint density at radius 2 is 1.85 bits per heavy atom. The zero-order chi connectivity index (χ0) is 22.8. The molecular formula is C23H23ClN6O3. The molecular weight excluding hydrogens is 444 g/mol. The van der Waals surface area contributed by atoms with E-state index in [1.807, 2.05) is 38.1 Å². The van der Waals surface area contributed by atoms with E-state index < -0.39 is 11.7 Å². The molecule has 0 aliphatic carbocycles. The van der Waals surface area contributed by atoms with Crippen LogP contribution in [0.25, 0.3) is 22.4 Å². The highest BCUT2D eigenvalue weighted by Crippen LogP contribution is 2.32. The average Bonchev–Trinajstić information content (AvgIpc) is 3.23. The van der Waals surface area contributed by atoms with Gasteiger partial charge in [-0.25, -0.2) is 15.0 Å². The Labute approximate surface area is 196 Å². The first kappa shape index (κ1) is 23.7. The van der Waals surface area contributed by atoms with Gasteiger partial charge in [-0.05, 0) is 36.2 Å². The smallest absolute Gasteiger partial charge is 0.289 e. The van der Waals surface area contributed by atoms with Gasteiger partial charge in [-0.1, -0.05) is 13.8 Å². The lowest BCUT2D eigenvalue weighted by atomic mass is 10.0. The monoisotopic (exact) mass is 466 g/mol. The number of hydrogen-bond acceptors (Lipinski definition) is 7. The summed E-state index contributed by atoms with van der Waals surface area (Å²) < 4.78 is 5.22. The van der Waals surface area contributed by atoms with Crippen LogP contribution in [0, 0.1) is 0 Å². The van der Waals surface area contributed by atoms with Gasteiger partial charge in [0.05, 0.1) is 23.7 Å². The van der Waals surface area contributed by atoms with E-state index in [1.165, 1.54) is 6.20 Å². The number of H-pyrrole nitrogens is 1. The Bertz CT molecular complexity index is 1320. The Balaban J connectivity index is 0.00000306. The molecule has 4 aromatic rings. The first-order valence-corrected chi connectivity index (χ1v) is 9.97. The number of nitrogens with one attached hydrogen (secondary N) is 2. The van der Waals surface area contributed by atoms with Crippen LogP contribution in [0.3, 0.4) is 0 Å². The van der Waals surface area contributed by atoms with Crippen molar-refractivity contribution in [1.29, 1.82) is 0 Å². The molecule has 0 spiro atoms. The summed E-state index contributed by atoms with van der Waals surface area (Å²) in [5.74, 6) is 0.173. The number of pyridine rings is 1. The summed E-state index contributed by atoms with van der Waals surface area (Å²) in [6.45, 7) is 4.08. The van der Waals surface area contributed by atoms with Crippen LogP contribution in [-0.4, -0.2) is 38.7 Å². The molecule has 0 radical (unpaired) electrons. The van der Waals surface area contributed by atoms with Gasteiger partial charge in [0.2, 0.25) is 0 Å². The van der Waals surface area contributed by atoms with Crippen molar-refractivity contribution < 1.29 is 14.3 Å². The summed E-state index contributed by atoms with van der Waals surface area (Å²) in [7, 11) is 1.61. The van der Waals surface area contributed by atoms with Crippen molar-refractivity contribution in [3.63, 3.8) is 0 Å². The Kier molecular flexibility index (Phi) is 6.93. The number of rotatable bonds is 7. The lowest BCUT2D eigenvalue weighted by molar-refractivity contribution is -0.114. The zero-order valence-corrected chi connectivity index (χ0v) is 19.1. The molecule has 0 aliphatic heterocycles. The van der Waals surface area contributed by atoms with Crippen LogP contribution in [-0.2, 0) is 4.79 Å². The lowest BCUT2D eigenvalue weighted by Crippen LogP contribution is -2.22. The van der Waals surface area contributed by atoms with Gasteiger partial charge in [-0.15, -0.1) is 12.4 Å². The van der Waals surface area contributed by atoms with E-state index >= 15 is 0 Å². The normalized spacial score (nSPS) is 10.7. The third-order valence-electron chi connectivity index (χ3n) is 5.08. The quantitative estimate of drug-likeness (QED) is 0.276. The van der Waals surface area contributed by atoms with E-state index in [2.05, 4.69) is 20.3 Å². The van der Waals surface area contributed by atoms with Gasteiger partial charge in [-0.3, -0.25) is 9.59 Å². The van der Waals surface area contributed by atoms with E-state index in [1.54, 1.807) is 25.6 Å². The number of nitrogens with zero attached hydrogens (tertiary/aromatic N) is 3. The van der Waals surface area contributed by atoms with Crippen molar-refractivity contribution in [2.24, 2.45) is 5.73 Å². The average molecular weight is 467 g/mol. The number of amides is 1. The van der Waals surface area contributed by atoms with Crippen LogP contribution >= 0.6 is 12.4 Å². The van der Waals surface area contributed by atoms with Crippen molar-refractivity contribution in [3.8, 4) is 17.1 Å². The number of methoxy groups -OCH3 is 1. The first-order chi connectivity index (χ1) is 15.4. The highest BCUT2D eigenvalue weighted by Gasteiger charge is 2.21. The second-order valence-electron chi connectivity index (χ2n) is 7.48. The third-order valence-corrected chi connectivity index (χ3v) is 5.08. The number of aromatic nitrogens is 4. The van der Waals surface area contributed by atoms with Gasteiger partial charge in [0.1, 0.15) is 17.2 Å². The number of ether oxygens (including phenoxy) is 1. The summed E-state index contributed by atoms with van der Waals surface area (Å²) in [6, 6.07) is 9.17. The summed E-state index contributed by atoms with van der Waals surface area (Å²) in [6.07, 6.45) is 4.81. The van der Waals surface area contributed by atoms with Crippen LogP contribution in [0.1, 0.15) is 35.7 Å². The predicted octanol–water partition coefficient (Wildman–Crippen LogP) is 3.99. The van der Waals surface area contributed by atoms with Crippen molar-refractivity contribution in [2.45, 2.75) is 19.8 Å². The minimum absolute atomic E-state index is 0. The van der Waals surface area contributed by atoms with Gasteiger partial charge >= 0.3 is 0 Å².